The average Bonchev–Trinajstić information content (AvgIpc) is 2.83. The van der Waals surface area contributed by atoms with E-state index in [0.29, 0.717) is 12.8 Å². The van der Waals surface area contributed by atoms with Crippen LogP contribution in [0.1, 0.15) is 38.7 Å². The smallest absolute Gasteiger partial charge is 0.326 e. The standard InChI is InChI=1S/C23H37N7O5/c1-3-14(2)19(22(34)35)30-20(32)16(10-7-11-27-23(25)26)29-21(33)17(28-18(31)13-24)12-15-8-5-4-6-9-15/h4-6,8-9,14,16-17,19H,3,7,10-13,24H2,1-2H3,(H,28,31)(H,29,33)(H,30,32)(H,34,35)(H4,25,26,27). The highest BCUT2D eigenvalue weighted by atomic mass is 16.4. The van der Waals surface area contributed by atoms with Gasteiger partial charge in [-0.05, 0) is 24.3 Å². The minimum absolute atomic E-state index is 0.106. The molecular weight excluding hydrogens is 454 g/mol. The van der Waals surface area contributed by atoms with Gasteiger partial charge in [-0.3, -0.25) is 19.4 Å². The highest BCUT2D eigenvalue weighted by Crippen LogP contribution is 2.10. The molecule has 0 spiro atoms. The summed E-state index contributed by atoms with van der Waals surface area (Å²) in [5, 5.41) is 17.3. The SMILES string of the molecule is CCC(C)C(NC(=O)C(CCCN=C(N)N)NC(=O)C(Cc1ccccc1)NC(=O)CN)C(=O)O. The number of carbonyl (C=O) groups excluding carboxylic acids is 3. The molecule has 0 bridgehead atoms. The zero-order valence-corrected chi connectivity index (χ0v) is 20.2. The molecule has 12 nitrogen and oxygen atoms in total. The fourth-order valence-corrected chi connectivity index (χ4v) is 3.29. The number of amides is 3. The summed E-state index contributed by atoms with van der Waals surface area (Å²) >= 11 is 0. The first-order chi connectivity index (χ1) is 16.6. The number of carboxylic acid groups (broad SMARTS) is 1. The molecule has 0 saturated carbocycles. The van der Waals surface area contributed by atoms with Crippen molar-refractivity contribution in [2.24, 2.45) is 28.1 Å². The summed E-state index contributed by atoms with van der Waals surface area (Å²) in [5.41, 5.74) is 16.9. The summed E-state index contributed by atoms with van der Waals surface area (Å²) in [6.45, 7) is 3.43. The van der Waals surface area contributed by atoms with Crippen molar-refractivity contribution in [1.82, 2.24) is 16.0 Å². The van der Waals surface area contributed by atoms with Gasteiger partial charge in [-0.25, -0.2) is 4.79 Å². The van der Waals surface area contributed by atoms with E-state index < -0.39 is 41.8 Å². The number of nitrogens with two attached hydrogens (primary N) is 3. The third-order valence-corrected chi connectivity index (χ3v) is 5.47. The number of aliphatic imine (C=N–C) groups is 1. The molecule has 1 aromatic rings. The number of hydrogen-bond donors (Lipinski definition) is 7. The Bertz CT molecular complexity index is 874. The Kier molecular flexibility index (Phi) is 12.8. The molecule has 4 atom stereocenters. The quantitative estimate of drug-likeness (QED) is 0.0898. The first kappa shape index (κ1) is 29.4. The van der Waals surface area contributed by atoms with Gasteiger partial charge in [0.25, 0.3) is 0 Å². The first-order valence-electron chi connectivity index (χ1n) is 11.5. The van der Waals surface area contributed by atoms with Crippen LogP contribution in [0.2, 0.25) is 0 Å². The number of benzene rings is 1. The largest absolute Gasteiger partial charge is 0.480 e. The Morgan fingerprint density at radius 3 is 2.17 bits per heavy atom. The minimum Gasteiger partial charge on any atom is -0.480 e. The molecule has 0 aromatic heterocycles. The first-order valence-corrected chi connectivity index (χ1v) is 11.5. The maximum Gasteiger partial charge on any atom is 0.326 e. The van der Waals surface area contributed by atoms with Gasteiger partial charge in [-0.1, -0.05) is 50.6 Å². The zero-order valence-electron chi connectivity index (χ0n) is 20.2. The van der Waals surface area contributed by atoms with Crippen LogP contribution in [0.25, 0.3) is 0 Å². The number of guanidine groups is 1. The fourth-order valence-electron chi connectivity index (χ4n) is 3.29. The van der Waals surface area contributed by atoms with Gasteiger partial charge in [0.1, 0.15) is 18.1 Å². The van der Waals surface area contributed by atoms with Crippen molar-refractivity contribution in [3.8, 4) is 0 Å². The molecule has 10 N–H and O–H groups in total. The molecule has 1 aromatic carbocycles. The predicted octanol–water partition coefficient (Wildman–Crippen LogP) is -1.17. The van der Waals surface area contributed by atoms with Crippen molar-refractivity contribution in [3.63, 3.8) is 0 Å². The molecule has 12 heteroatoms. The maximum atomic E-state index is 13.1. The number of aliphatic carboxylic acids is 1. The molecule has 35 heavy (non-hydrogen) atoms. The highest BCUT2D eigenvalue weighted by Gasteiger charge is 2.31. The molecule has 0 aliphatic heterocycles. The molecule has 3 amide bonds. The number of carbonyl (C=O) groups is 4. The molecule has 0 saturated heterocycles. The lowest BCUT2D eigenvalue weighted by Crippen LogP contribution is -2.57. The number of rotatable bonds is 15. The number of nitrogens with one attached hydrogen (secondary N) is 3. The van der Waals surface area contributed by atoms with Gasteiger partial charge in [0.15, 0.2) is 5.96 Å². The van der Waals surface area contributed by atoms with E-state index in [1.165, 1.54) is 0 Å². The summed E-state index contributed by atoms with van der Waals surface area (Å²) < 4.78 is 0. The van der Waals surface area contributed by atoms with Crippen molar-refractivity contribution in [3.05, 3.63) is 35.9 Å². The Hall–Kier alpha value is -3.67. The predicted molar refractivity (Wildman–Crippen MR) is 132 cm³/mol. The van der Waals surface area contributed by atoms with Crippen molar-refractivity contribution >= 4 is 29.7 Å². The van der Waals surface area contributed by atoms with Crippen LogP contribution in [0.15, 0.2) is 35.3 Å². The van der Waals surface area contributed by atoms with Gasteiger partial charge >= 0.3 is 5.97 Å². The van der Waals surface area contributed by atoms with Crippen molar-refractivity contribution in [2.75, 3.05) is 13.1 Å². The van der Waals surface area contributed by atoms with Crippen molar-refractivity contribution in [1.29, 1.82) is 0 Å². The molecule has 1 rings (SSSR count). The molecule has 0 heterocycles. The summed E-state index contributed by atoms with van der Waals surface area (Å²) in [4.78, 5) is 53.6. The van der Waals surface area contributed by atoms with E-state index in [4.69, 9.17) is 17.2 Å². The molecule has 0 aliphatic carbocycles. The molecule has 4 unspecified atom stereocenters. The van der Waals surface area contributed by atoms with Gasteiger partial charge in [-0.15, -0.1) is 0 Å². The van der Waals surface area contributed by atoms with Crippen LogP contribution >= 0.6 is 0 Å². The van der Waals surface area contributed by atoms with Crippen LogP contribution in [-0.2, 0) is 25.6 Å². The molecule has 0 aliphatic rings. The molecule has 0 fully saturated rings. The van der Waals surface area contributed by atoms with E-state index in [0.717, 1.165) is 5.56 Å². The minimum atomic E-state index is -1.17. The fraction of sp³-hybridized carbons (Fsp3) is 0.522. The van der Waals surface area contributed by atoms with Crippen LogP contribution in [0.5, 0.6) is 0 Å². The second kappa shape index (κ2) is 15.3. The van der Waals surface area contributed by atoms with E-state index >= 15 is 0 Å². The Labute approximate surface area is 205 Å². The van der Waals surface area contributed by atoms with Gasteiger partial charge in [0.2, 0.25) is 17.7 Å². The van der Waals surface area contributed by atoms with Crippen LogP contribution in [0, 0.1) is 5.92 Å². The van der Waals surface area contributed by atoms with E-state index in [2.05, 4.69) is 20.9 Å². The lowest BCUT2D eigenvalue weighted by Gasteiger charge is -2.26. The van der Waals surface area contributed by atoms with E-state index in [-0.39, 0.29) is 37.8 Å². The number of hydrogen-bond acceptors (Lipinski definition) is 6. The van der Waals surface area contributed by atoms with Gasteiger partial charge < -0.3 is 38.3 Å². The van der Waals surface area contributed by atoms with Crippen LogP contribution in [0.3, 0.4) is 0 Å². The summed E-state index contributed by atoms with van der Waals surface area (Å²) in [6.07, 6.45) is 1.19. The van der Waals surface area contributed by atoms with E-state index in [1.54, 1.807) is 31.2 Å². The topological polar surface area (TPSA) is 215 Å². The lowest BCUT2D eigenvalue weighted by atomic mass is 9.98. The van der Waals surface area contributed by atoms with Gasteiger partial charge in [0.05, 0.1) is 6.54 Å². The van der Waals surface area contributed by atoms with E-state index in [9.17, 15) is 24.3 Å². The summed E-state index contributed by atoms with van der Waals surface area (Å²) in [5.74, 6) is -3.39. The van der Waals surface area contributed by atoms with Crippen molar-refractivity contribution < 1.29 is 24.3 Å². The van der Waals surface area contributed by atoms with Crippen molar-refractivity contribution in [2.45, 2.75) is 57.7 Å². The zero-order chi connectivity index (χ0) is 26.4. The molecular formula is C23H37N7O5. The van der Waals surface area contributed by atoms with Gasteiger partial charge in [-0.2, -0.15) is 0 Å². The Morgan fingerprint density at radius 1 is 1.00 bits per heavy atom. The van der Waals surface area contributed by atoms with Gasteiger partial charge in [0, 0.05) is 13.0 Å². The van der Waals surface area contributed by atoms with Crippen LogP contribution in [0.4, 0.5) is 0 Å². The molecule has 0 radical (unpaired) electrons. The van der Waals surface area contributed by atoms with E-state index in [1.807, 2.05) is 13.0 Å². The second-order valence-corrected chi connectivity index (χ2v) is 8.23. The average molecular weight is 492 g/mol. The summed E-state index contributed by atoms with van der Waals surface area (Å²) in [6, 6.07) is 5.84. The third kappa shape index (κ3) is 10.9. The Balaban J connectivity index is 3.07. The second-order valence-electron chi connectivity index (χ2n) is 8.23. The third-order valence-electron chi connectivity index (χ3n) is 5.47. The monoisotopic (exact) mass is 491 g/mol. The van der Waals surface area contributed by atoms with Crippen LogP contribution in [-0.4, -0.2) is 66.0 Å². The maximum absolute atomic E-state index is 13.1. The highest BCUT2D eigenvalue weighted by molar-refractivity contribution is 5.93. The normalized spacial score (nSPS) is 14.0. The number of nitrogens with zero attached hydrogens (tertiary/aromatic N) is 1. The molecule has 194 valence electrons. The Morgan fingerprint density at radius 2 is 1.63 bits per heavy atom. The lowest BCUT2D eigenvalue weighted by molar-refractivity contribution is -0.143. The van der Waals surface area contributed by atoms with Crippen LogP contribution < -0.4 is 33.2 Å². The number of carboxylic acids is 1. The summed E-state index contributed by atoms with van der Waals surface area (Å²) in [7, 11) is 0.